The average molecular weight is 597 g/mol. The van der Waals surface area contributed by atoms with Gasteiger partial charge >= 0.3 is 6.11 Å². The van der Waals surface area contributed by atoms with E-state index in [1.54, 1.807) is 12.1 Å². The molecule has 0 aromatic heterocycles. The zero-order valence-corrected chi connectivity index (χ0v) is 23.8. The summed E-state index contributed by atoms with van der Waals surface area (Å²) in [6.45, 7) is 3.45. The van der Waals surface area contributed by atoms with Crippen LogP contribution in [0.25, 0.3) is 0 Å². The van der Waals surface area contributed by atoms with Crippen LogP contribution in [0.5, 0.6) is 5.75 Å². The Morgan fingerprint density at radius 2 is 1.43 bits per heavy atom. The summed E-state index contributed by atoms with van der Waals surface area (Å²) >= 11 is 0. The van der Waals surface area contributed by atoms with Gasteiger partial charge in [-0.1, -0.05) is 31.2 Å². The predicted octanol–water partition coefficient (Wildman–Crippen LogP) is 9.42. The summed E-state index contributed by atoms with van der Waals surface area (Å²) in [4.78, 5) is 0. The number of ether oxygens (including phenoxy) is 3. The van der Waals surface area contributed by atoms with E-state index >= 15 is 4.39 Å². The van der Waals surface area contributed by atoms with E-state index in [1.807, 2.05) is 6.07 Å². The van der Waals surface area contributed by atoms with Crippen molar-refractivity contribution in [2.45, 2.75) is 88.9 Å². The van der Waals surface area contributed by atoms with Crippen LogP contribution < -0.4 is 4.74 Å². The fourth-order valence-corrected chi connectivity index (χ4v) is 6.67. The number of hydrogen-bond acceptors (Lipinski definition) is 3. The minimum Gasteiger partial charge on any atom is -0.432 e. The minimum atomic E-state index is -3.70. The van der Waals surface area contributed by atoms with Crippen LogP contribution in [0.2, 0.25) is 0 Å². The van der Waals surface area contributed by atoms with E-state index in [0.29, 0.717) is 55.6 Å². The molecule has 0 N–H and O–H groups in total. The van der Waals surface area contributed by atoms with Gasteiger partial charge in [0.1, 0.15) is 11.6 Å². The molecular formula is C33H38F6O3. The smallest absolute Gasteiger partial charge is 0.400 e. The Morgan fingerprint density at radius 1 is 0.810 bits per heavy atom. The van der Waals surface area contributed by atoms with Crippen molar-refractivity contribution in [3.05, 3.63) is 76.9 Å². The van der Waals surface area contributed by atoms with Crippen LogP contribution >= 0.6 is 0 Å². The normalized spacial score (nSPS) is 29.1. The Kier molecular flexibility index (Phi) is 9.88. The molecule has 230 valence electrons. The second-order valence-electron chi connectivity index (χ2n) is 11.9. The molecule has 3 aliphatic rings. The molecule has 0 amide bonds. The fourth-order valence-electron chi connectivity index (χ4n) is 6.67. The first-order valence-electron chi connectivity index (χ1n) is 15.0. The molecule has 3 nitrogen and oxygen atoms in total. The van der Waals surface area contributed by atoms with Gasteiger partial charge in [-0.15, -0.1) is 0 Å². The van der Waals surface area contributed by atoms with E-state index in [4.69, 9.17) is 9.47 Å². The van der Waals surface area contributed by atoms with Crippen LogP contribution in [0.15, 0.2) is 42.5 Å². The van der Waals surface area contributed by atoms with Crippen LogP contribution in [0, 0.1) is 41.0 Å². The van der Waals surface area contributed by atoms with Gasteiger partial charge in [-0.3, -0.25) is 0 Å². The van der Waals surface area contributed by atoms with Crippen molar-refractivity contribution in [3.63, 3.8) is 0 Å². The Bertz CT molecular complexity index is 1200. The molecule has 2 aromatic carbocycles. The van der Waals surface area contributed by atoms with Crippen molar-refractivity contribution in [1.82, 2.24) is 0 Å². The predicted molar refractivity (Wildman–Crippen MR) is 146 cm³/mol. The first-order valence-corrected chi connectivity index (χ1v) is 15.0. The molecule has 2 aliphatic carbocycles. The highest BCUT2D eigenvalue weighted by atomic mass is 19.3. The van der Waals surface area contributed by atoms with Crippen molar-refractivity contribution in [2.75, 3.05) is 13.2 Å². The van der Waals surface area contributed by atoms with Gasteiger partial charge in [0.25, 0.3) is 0 Å². The standard InChI is InChI=1S/C33H38F6O3/c1-2-3-4-20-18-40-32(41-19-20)23-7-5-21(6-8-23)24-11-14-27(28(34)15-24)22-9-12-25(13-10-22)33(38,39)42-26-16-29(35)31(37)30(36)17-26/h3-4,11,14-17,20-23,25,32H,2,5-10,12-13,18-19H2,1H3. The molecule has 9 heteroatoms. The highest BCUT2D eigenvalue weighted by molar-refractivity contribution is 5.30. The van der Waals surface area contributed by atoms with Crippen LogP contribution in [0.1, 0.15) is 87.7 Å². The Morgan fingerprint density at radius 3 is 2.02 bits per heavy atom. The maximum atomic E-state index is 15.3. The van der Waals surface area contributed by atoms with Crippen molar-refractivity contribution in [2.24, 2.45) is 17.8 Å². The molecule has 0 atom stereocenters. The van der Waals surface area contributed by atoms with E-state index in [1.165, 1.54) is 0 Å². The molecule has 1 heterocycles. The highest BCUT2D eigenvalue weighted by Gasteiger charge is 2.44. The number of alkyl halides is 2. The van der Waals surface area contributed by atoms with Crippen LogP contribution in [0.4, 0.5) is 26.3 Å². The summed E-state index contributed by atoms with van der Waals surface area (Å²) in [6, 6.07) is 6.15. The van der Waals surface area contributed by atoms with Gasteiger partial charge in [0.2, 0.25) is 0 Å². The molecule has 1 saturated heterocycles. The Balaban J connectivity index is 1.11. The molecule has 42 heavy (non-hydrogen) atoms. The summed E-state index contributed by atoms with van der Waals surface area (Å²) in [5, 5.41) is 0. The lowest BCUT2D eigenvalue weighted by molar-refractivity contribution is -0.222. The van der Waals surface area contributed by atoms with Gasteiger partial charge in [0, 0.05) is 24.0 Å². The lowest BCUT2D eigenvalue weighted by Crippen LogP contribution is -2.37. The summed E-state index contributed by atoms with van der Waals surface area (Å²) < 4.78 is 101. The topological polar surface area (TPSA) is 27.7 Å². The molecule has 3 fully saturated rings. The molecule has 2 aromatic rings. The van der Waals surface area contributed by atoms with E-state index in [0.717, 1.165) is 37.7 Å². The van der Waals surface area contributed by atoms with Crippen LogP contribution in [0.3, 0.4) is 0 Å². The Labute approximate surface area is 243 Å². The van der Waals surface area contributed by atoms with E-state index in [2.05, 4.69) is 23.8 Å². The van der Waals surface area contributed by atoms with Gasteiger partial charge in [-0.05, 0) is 86.8 Å². The number of benzene rings is 2. The summed E-state index contributed by atoms with van der Waals surface area (Å²) in [5.41, 5.74) is 1.48. The molecule has 0 radical (unpaired) electrons. The maximum absolute atomic E-state index is 15.3. The first kappa shape index (κ1) is 30.9. The van der Waals surface area contributed by atoms with Gasteiger partial charge < -0.3 is 14.2 Å². The first-order chi connectivity index (χ1) is 20.1. The molecule has 0 spiro atoms. The van der Waals surface area contributed by atoms with Gasteiger partial charge in [0.05, 0.1) is 19.1 Å². The third-order valence-electron chi connectivity index (χ3n) is 9.10. The molecular weight excluding hydrogens is 558 g/mol. The third-order valence-corrected chi connectivity index (χ3v) is 9.10. The molecule has 0 bridgehead atoms. The molecule has 5 rings (SSSR count). The van der Waals surface area contributed by atoms with E-state index < -0.39 is 35.2 Å². The van der Waals surface area contributed by atoms with E-state index in [-0.39, 0.29) is 36.8 Å². The van der Waals surface area contributed by atoms with Crippen molar-refractivity contribution in [1.29, 1.82) is 0 Å². The zero-order chi connectivity index (χ0) is 29.9. The van der Waals surface area contributed by atoms with Gasteiger partial charge in [0.15, 0.2) is 23.7 Å². The zero-order valence-electron chi connectivity index (χ0n) is 23.8. The van der Waals surface area contributed by atoms with Crippen molar-refractivity contribution in [3.8, 4) is 5.75 Å². The molecule has 1 aliphatic heterocycles. The van der Waals surface area contributed by atoms with Crippen molar-refractivity contribution < 1.29 is 40.6 Å². The Hall–Kier alpha value is -2.52. The summed E-state index contributed by atoms with van der Waals surface area (Å²) in [7, 11) is 0. The van der Waals surface area contributed by atoms with Crippen LogP contribution in [-0.4, -0.2) is 25.6 Å². The summed E-state index contributed by atoms with van der Waals surface area (Å²) in [5.74, 6) is -6.57. The second-order valence-corrected chi connectivity index (χ2v) is 11.9. The number of hydrogen-bond donors (Lipinski definition) is 0. The average Bonchev–Trinajstić information content (AvgIpc) is 2.99. The largest absolute Gasteiger partial charge is 0.432 e. The lowest BCUT2D eigenvalue weighted by Gasteiger charge is -2.37. The molecule has 0 unspecified atom stereocenters. The fraction of sp³-hybridized carbons (Fsp3) is 0.576. The van der Waals surface area contributed by atoms with E-state index in [9.17, 15) is 22.0 Å². The van der Waals surface area contributed by atoms with Gasteiger partial charge in [-0.2, -0.15) is 8.78 Å². The lowest BCUT2D eigenvalue weighted by atomic mass is 9.76. The summed E-state index contributed by atoms with van der Waals surface area (Å²) in [6.07, 6.45) is 5.91. The number of rotatable bonds is 8. The number of allylic oxidation sites excluding steroid dienone is 1. The maximum Gasteiger partial charge on any atom is 0.400 e. The second kappa shape index (κ2) is 13.4. The monoisotopic (exact) mass is 596 g/mol. The third kappa shape index (κ3) is 7.16. The minimum absolute atomic E-state index is 0.0516. The van der Waals surface area contributed by atoms with Crippen molar-refractivity contribution >= 4 is 0 Å². The number of halogens is 6. The van der Waals surface area contributed by atoms with Gasteiger partial charge in [-0.25, -0.2) is 17.6 Å². The SMILES string of the molecule is CCC=CC1COC(C2CCC(c3ccc(C4CCC(C(F)(F)Oc5cc(F)c(F)c(F)c5)CC4)c(F)c3)CC2)OC1. The molecule has 2 saturated carbocycles. The quantitative estimate of drug-likeness (QED) is 0.173. The van der Waals surface area contributed by atoms with Crippen LogP contribution in [-0.2, 0) is 9.47 Å². The highest BCUT2D eigenvalue weighted by Crippen LogP contribution is 2.45.